The monoisotopic (exact) mass is 331 g/mol. The SMILES string of the molecule is Cc1c(Cl)cccc1NC(=O)COC(=O)c1ccc(C=O)cc1. The Morgan fingerprint density at radius 2 is 1.87 bits per heavy atom. The van der Waals surface area contributed by atoms with Crippen molar-refractivity contribution in [2.75, 3.05) is 11.9 Å². The molecule has 0 saturated carbocycles. The molecule has 0 fully saturated rings. The highest BCUT2D eigenvalue weighted by Crippen LogP contribution is 2.22. The molecule has 0 unspecified atom stereocenters. The Kier molecular flexibility index (Phi) is 5.49. The number of rotatable bonds is 5. The topological polar surface area (TPSA) is 72.5 Å². The van der Waals surface area contributed by atoms with E-state index in [0.29, 0.717) is 22.6 Å². The maximum absolute atomic E-state index is 11.8. The summed E-state index contributed by atoms with van der Waals surface area (Å²) in [6.45, 7) is 1.36. The van der Waals surface area contributed by atoms with Crippen molar-refractivity contribution in [3.05, 3.63) is 64.2 Å². The fourth-order valence-corrected chi connectivity index (χ4v) is 2.02. The third kappa shape index (κ3) is 4.40. The molecular formula is C17H14ClNO4. The molecule has 5 nitrogen and oxygen atoms in total. The number of aldehydes is 1. The van der Waals surface area contributed by atoms with Gasteiger partial charge in [-0.15, -0.1) is 0 Å². The Bertz CT molecular complexity index is 741. The third-order valence-corrected chi connectivity index (χ3v) is 3.57. The van der Waals surface area contributed by atoms with Gasteiger partial charge in [0.2, 0.25) is 0 Å². The molecule has 1 N–H and O–H groups in total. The number of hydrogen-bond acceptors (Lipinski definition) is 4. The predicted molar refractivity (Wildman–Crippen MR) is 86.9 cm³/mol. The van der Waals surface area contributed by atoms with Crippen molar-refractivity contribution in [1.82, 2.24) is 0 Å². The predicted octanol–water partition coefficient (Wildman–Crippen LogP) is 3.26. The second-order valence-electron chi connectivity index (χ2n) is 4.78. The van der Waals surface area contributed by atoms with Gasteiger partial charge in [-0.3, -0.25) is 9.59 Å². The lowest BCUT2D eigenvalue weighted by Crippen LogP contribution is -2.21. The fraction of sp³-hybridized carbons (Fsp3) is 0.118. The number of ether oxygens (including phenoxy) is 1. The lowest BCUT2D eigenvalue weighted by molar-refractivity contribution is -0.119. The lowest BCUT2D eigenvalue weighted by Gasteiger charge is -2.10. The van der Waals surface area contributed by atoms with Crippen molar-refractivity contribution in [1.29, 1.82) is 0 Å². The molecule has 0 saturated heterocycles. The van der Waals surface area contributed by atoms with Crippen LogP contribution in [-0.2, 0) is 9.53 Å². The Morgan fingerprint density at radius 1 is 1.17 bits per heavy atom. The minimum Gasteiger partial charge on any atom is -0.452 e. The van der Waals surface area contributed by atoms with E-state index in [2.05, 4.69) is 5.32 Å². The molecule has 2 aromatic rings. The smallest absolute Gasteiger partial charge is 0.338 e. The van der Waals surface area contributed by atoms with Gasteiger partial charge in [0.1, 0.15) is 6.29 Å². The Balaban J connectivity index is 1.91. The number of anilines is 1. The Hall–Kier alpha value is -2.66. The summed E-state index contributed by atoms with van der Waals surface area (Å²) in [5.41, 5.74) is 2.02. The summed E-state index contributed by atoms with van der Waals surface area (Å²) in [5, 5.41) is 3.17. The minimum atomic E-state index is -0.639. The van der Waals surface area contributed by atoms with Gasteiger partial charge >= 0.3 is 5.97 Å². The number of carbonyl (C=O) groups excluding carboxylic acids is 3. The summed E-state index contributed by atoms with van der Waals surface area (Å²) in [4.78, 5) is 34.2. The van der Waals surface area contributed by atoms with E-state index in [1.54, 1.807) is 25.1 Å². The van der Waals surface area contributed by atoms with E-state index in [4.69, 9.17) is 16.3 Å². The van der Waals surface area contributed by atoms with Gasteiger partial charge in [0, 0.05) is 16.3 Å². The van der Waals surface area contributed by atoms with Crippen LogP contribution in [0.4, 0.5) is 5.69 Å². The molecule has 2 rings (SSSR count). The molecule has 0 aromatic heterocycles. The van der Waals surface area contributed by atoms with Crippen LogP contribution in [0.25, 0.3) is 0 Å². The average Bonchev–Trinajstić information content (AvgIpc) is 2.57. The van der Waals surface area contributed by atoms with Crippen molar-refractivity contribution in [2.45, 2.75) is 6.92 Å². The molecule has 1 amide bonds. The van der Waals surface area contributed by atoms with Crippen LogP contribution in [-0.4, -0.2) is 24.8 Å². The number of benzene rings is 2. The molecule has 0 spiro atoms. The van der Waals surface area contributed by atoms with Crippen molar-refractivity contribution in [3.8, 4) is 0 Å². The van der Waals surface area contributed by atoms with Crippen molar-refractivity contribution >= 4 is 35.5 Å². The van der Waals surface area contributed by atoms with Crippen LogP contribution < -0.4 is 5.32 Å². The van der Waals surface area contributed by atoms with E-state index in [9.17, 15) is 14.4 Å². The lowest BCUT2D eigenvalue weighted by atomic mass is 10.1. The molecule has 0 atom stereocenters. The summed E-state index contributed by atoms with van der Waals surface area (Å²) >= 11 is 5.97. The van der Waals surface area contributed by atoms with Gasteiger partial charge in [0.25, 0.3) is 5.91 Å². The summed E-state index contributed by atoms with van der Waals surface area (Å²) in [6.07, 6.45) is 0.676. The molecule has 0 radical (unpaired) electrons. The molecular weight excluding hydrogens is 318 g/mol. The highest BCUT2D eigenvalue weighted by Gasteiger charge is 2.11. The molecule has 0 aliphatic carbocycles. The van der Waals surface area contributed by atoms with Crippen molar-refractivity contribution in [2.24, 2.45) is 0 Å². The zero-order valence-electron chi connectivity index (χ0n) is 12.3. The number of carbonyl (C=O) groups is 3. The van der Waals surface area contributed by atoms with Gasteiger partial charge in [-0.1, -0.05) is 29.8 Å². The molecule has 23 heavy (non-hydrogen) atoms. The number of amides is 1. The van der Waals surface area contributed by atoms with E-state index in [-0.39, 0.29) is 5.56 Å². The first kappa shape index (κ1) is 16.7. The number of esters is 1. The number of halogens is 1. The third-order valence-electron chi connectivity index (χ3n) is 3.16. The molecule has 2 aromatic carbocycles. The van der Waals surface area contributed by atoms with Crippen molar-refractivity contribution in [3.63, 3.8) is 0 Å². The zero-order valence-corrected chi connectivity index (χ0v) is 13.1. The minimum absolute atomic E-state index is 0.266. The largest absolute Gasteiger partial charge is 0.452 e. The summed E-state index contributed by atoms with van der Waals surface area (Å²) in [7, 11) is 0. The van der Waals surface area contributed by atoms with Gasteiger partial charge in [-0.25, -0.2) is 4.79 Å². The van der Waals surface area contributed by atoms with Crippen molar-refractivity contribution < 1.29 is 19.1 Å². The summed E-state index contributed by atoms with van der Waals surface area (Å²) in [6, 6.07) is 11.1. The number of hydrogen-bond donors (Lipinski definition) is 1. The van der Waals surface area contributed by atoms with Crippen LogP contribution in [0.15, 0.2) is 42.5 Å². The molecule has 0 bridgehead atoms. The average molecular weight is 332 g/mol. The van der Waals surface area contributed by atoms with Crippen LogP contribution in [0, 0.1) is 6.92 Å². The first-order chi connectivity index (χ1) is 11.0. The second-order valence-corrected chi connectivity index (χ2v) is 5.18. The first-order valence-corrected chi connectivity index (χ1v) is 7.16. The van der Waals surface area contributed by atoms with E-state index in [1.807, 2.05) is 0 Å². The summed E-state index contributed by atoms with van der Waals surface area (Å²) in [5.74, 6) is -1.10. The second kappa shape index (κ2) is 7.56. The van der Waals surface area contributed by atoms with Gasteiger partial charge in [-0.05, 0) is 36.8 Å². The van der Waals surface area contributed by atoms with E-state index < -0.39 is 18.5 Å². The Labute approximate surface area is 138 Å². The molecule has 0 aliphatic rings. The van der Waals surface area contributed by atoms with E-state index in [1.165, 1.54) is 24.3 Å². The number of nitrogens with one attached hydrogen (secondary N) is 1. The Morgan fingerprint density at radius 3 is 2.52 bits per heavy atom. The van der Waals surface area contributed by atoms with Crippen LogP contribution in [0.3, 0.4) is 0 Å². The van der Waals surface area contributed by atoms with Crippen LogP contribution in [0.1, 0.15) is 26.3 Å². The highest BCUT2D eigenvalue weighted by atomic mass is 35.5. The first-order valence-electron chi connectivity index (χ1n) is 6.78. The van der Waals surface area contributed by atoms with Gasteiger partial charge in [0.05, 0.1) is 5.56 Å². The zero-order chi connectivity index (χ0) is 16.8. The maximum Gasteiger partial charge on any atom is 0.338 e. The standard InChI is InChI=1S/C17H14ClNO4/c1-11-14(18)3-2-4-15(11)19-16(21)10-23-17(22)13-7-5-12(9-20)6-8-13/h2-9H,10H2,1H3,(H,19,21). The quantitative estimate of drug-likeness (QED) is 0.674. The van der Waals surface area contributed by atoms with E-state index >= 15 is 0 Å². The van der Waals surface area contributed by atoms with Gasteiger partial charge in [-0.2, -0.15) is 0 Å². The molecule has 118 valence electrons. The van der Waals surface area contributed by atoms with Gasteiger partial charge < -0.3 is 10.1 Å². The molecule has 6 heteroatoms. The fourth-order valence-electron chi connectivity index (χ4n) is 1.84. The summed E-state index contributed by atoms with van der Waals surface area (Å²) < 4.78 is 4.93. The van der Waals surface area contributed by atoms with E-state index in [0.717, 1.165) is 5.56 Å². The maximum atomic E-state index is 11.8. The molecule has 0 heterocycles. The van der Waals surface area contributed by atoms with Crippen LogP contribution in [0.5, 0.6) is 0 Å². The van der Waals surface area contributed by atoms with Crippen LogP contribution in [0.2, 0.25) is 5.02 Å². The van der Waals surface area contributed by atoms with Gasteiger partial charge in [0.15, 0.2) is 6.61 Å². The normalized spacial score (nSPS) is 10.0. The van der Waals surface area contributed by atoms with Crippen LogP contribution >= 0.6 is 11.6 Å². The highest BCUT2D eigenvalue weighted by molar-refractivity contribution is 6.31. The molecule has 0 aliphatic heterocycles.